The number of nitro groups is 1. The topological polar surface area (TPSA) is 64.4 Å². The van der Waals surface area contributed by atoms with E-state index in [1.54, 1.807) is 0 Å². The number of nitrogens with one attached hydrogen (secondary N) is 1. The van der Waals surface area contributed by atoms with Gasteiger partial charge in [0.05, 0.1) is 11.0 Å². The van der Waals surface area contributed by atoms with Gasteiger partial charge in [0.2, 0.25) is 0 Å². The van der Waals surface area contributed by atoms with Crippen LogP contribution in [0.1, 0.15) is 20.8 Å². The Morgan fingerprint density at radius 2 is 2.11 bits per heavy atom. The van der Waals surface area contributed by atoms with Crippen molar-refractivity contribution >= 4 is 5.69 Å². The quantitative estimate of drug-likeness (QED) is 0.499. The summed E-state index contributed by atoms with van der Waals surface area (Å²) in [5, 5.41) is 13.6. The van der Waals surface area contributed by atoms with Gasteiger partial charge in [-0.05, 0) is 26.8 Å². The lowest BCUT2D eigenvalue weighted by Gasteiger charge is -2.20. The SMILES string of the molecule is CC(C)(C)NCCOc1ccc([N+](=O)[O-])cc1F. The molecule has 0 aliphatic rings. The van der Waals surface area contributed by atoms with Crippen molar-refractivity contribution < 1.29 is 14.1 Å². The largest absolute Gasteiger partial charge is 0.489 e. The third kappa shape index (κ3) is 4.67. The molecule has 0 radical (unpaired) electrons. The molecule has 0 saturated heterocycles. The second kappa shape index (κ2) is 5.77. The average molecular weight is 256 g/mol. The highest BCUT2D eigenvalue weighted by molar-refractivity contribution is 5.37. The van der Waals surface area contributed by atoms with Gasteiger partial charge in [-0.3, -0.25) is 10.1 Å². The van der Waals surface area contributed by atoms with Gasteiger partial charge in [-0.1, -0.05) is 0 Å². The first-order chi connectivity index (χ1) is 8.29. The van der Waals surface area contributed by atoms with E-state index in [9.17, 15) is 14.5 Å². The second-order valence-corrected chi connectivity index (χ2v) is 4.90. The van der Waals surface area contributed by atoms with Crippen LogP contribution < -0.4 is 10.1 Å². The molecule has 0 fully saturated rings. The summed E-state index contributed by atoms with van der Waals surface area (Å²) in [5.74, 6) is -0.698. The first-order valence-electron chi connectivity index (χ1n) is 5.61. The Balaban J connectivity index is 2.51. The molecule has 0 bridgehead atoms. The minimum atomic E-state index is -0.722. The van der Waals surface area contributed by atoms with E-state index >= 15 is 0 Å². The van der Waals surface area contributed by atoms with E-state index in [4.69, 9.17) is 4.74 Å². The number of ether oxygens (including phenoxy) is 1. The molecule has 1 N–H and O–H groups in total. The van der Waals surface area contributed by atoms with Crippen molar-refractivity contribution in [3.63, 3.8) is 0 Å². The van der Waals surface area contributed by atoms with Crippen LogP contribution in [0.5, 0.6) is 5.75 Å². The van der Waals surface area contributed by atoms with Crippen molar-refractivity contribution in [1.82, 2.24) is 5.32 Å². The van der Waals surface area contributed by atoms with Crippen molar-refractivity contribution in [2.45, 2.75) is 26.3 Å². The average Bonchev–Trinajstić information content (AvgIpc) is 2.24. The molecule has 0 atom stereocenters. The summed E-state index contributed by atoms with van der Waals surface area (Å²) < 4.78 is 18.6. The van der Waals surface area contributed by atoms with Crippen molar-refractivity contribution in [2.24, 2.45) is 0 Å². The predicted octanol–water partition coefficient (Wildman–Crippen LogP) is 2.50. The maximum Gasteiger partial charge on any atom is 0.272 e. The Morgan fingerprint density at radius 1 is 1.44 bits per heavy atom. The number of halogens is 1. The molecule has 6 heteroatoms. The molecular weight excluding hydrogens is 239 g/mol. The zero-order valence-corrected chi connectivity index (χ0v) is 10.7. The molecule has 0 aromatic heterocycles. The highest BCUT2D eigenvalue weighted by Gasteiger charge is 2.12. The van der Waals surface area contributed by atoms with Crippen LogP contribution >= 0.6 is 0 Å². The number of non-ortho nitro benzene ring substituents is 1. The minimum absolute atomic E-state index is 0.0244. The molecule has 0 aliphatic carbocycles. The zero-order valence-electron chi connectivity index (χ0n) is 10.7. The highest BCUT2D eigenvalue weighted by Crippen LogP contribution is 2.22. The van der Waals surface area contributed by atoms with Gasteiger partial charge in [0.15, 0.2) is 11.6 Å². The van der Waals surface area contributed by atoms with Crippen LogP contribution in [0.15, 0.2) is 18.2 Å². The lowest BCUT2D eigenvalue weighted by molar-refractivity contribution is -0.385. The van der Waals surface area contributed by atoms with Gasteiger partial charge in [0.1, 0.15) is 6.61 Å². The van der Waals surface area contributed by atoms with Crippen LogP contribution in [-0.2, 0) is 0 Å². The van der Waals surface area contributed by atoms with E-state index < -0.39 is 10.7 Å². The molecule has 0 amide bonds. The number of rotatable bonds is 5. The lowest BCUT2D eigenvalue weighted by Crippen LogP contribution is -2.38. The second-order valence-electron chi connectivity index (χ2n) is 4.90. The molecule has 0 heterocycles. The molecular formula is C12H17FN2O3. The Bertz CT molecular complexity index is 430. The van der Waals surface area contributed by atoms with Crippen LogP contribution in [-0.4, -0.2) is 23.6 Å². The third-order valence-electron chi connectivity index (χ3n) is 2.14. The van der Waals surface area contributed by atoms with E-state index in [1.165, 1.54) is 12.1 Å². The maximum atomic E-state index is 13.4. The Hall–Kier alpha value is -1.69. The summed E-state index contributed by atoms with van der Waals surface area (Å²) in [6, 6.07) is 3.34. The Kier molecular flexibility index (Phi) is 4.61. The van der Waals surface area contributed by atoms with E-state index in [1.807, 2.05) is 20.8 Å². The fraction of sp³-hybridized carbons (Fsp3) is 0.500. The summed E-state index contributed by atoms with van der Waals surface area (Å²) in [4.78, 5) is 9.78. The van der Waals surface area contributed by atoms with Crippen LogP contribution in [0, 0.1) is 15.9 Å². The van der Waals surface area contributed by atoms with E-state index in [0.29, 0.717) is 13.2 Å². The number of nitrogens with zero attached hydrogens (tertiary/aromatic N) is 1. The molecule has 1 aromatic rings. The normalized spacial score (nSPS) is 11.3. The lowest BCUT2D eigenvalue weighted by atomic mass is 10.1. The van der Waals surface area contributed by atoms with E-state index in [2.05, 4.69) is 5.32 Å². The van der Waals surface area contributed by atoms with Crippen molar-refractivity contribution in [3.8, 4) is 5.75 Å². The van der Waals surface area contributed by atoms with Crippen LogP contribution in [0.25, 0.3) is 0 Å². The summed E-state index contributed by atoms with van der Waals surface area (Å²) in [6.45, 7) is 6.91. The summed E-state index contributed by atoms with van der Waals surface area (Å²) in [5.41, 5.74) is -0.315. The molecule has 1 rings (SSSR count). The fourth-order valence-corrected chi connectivity index (χ4v) is 1.31. The number of nitro benzene ring substituents is 1. The number of hydrogen-bond acceptors (Lipinski definition) is 4. The molecule has 18 heavy (non-hydrogen) atoms. The van der Waals surface area contributed by atoms with Gasteiger partial charge in [0.25, 0.3) is 5.69 Å². The first kappa shape index (κ1) is 14.4. The van der Waals surface area contributed by atoms with Gasteiger partial charge in [-0.25, -0.2) is 4.39 Å². The van der Waals surface area contributed by atoms with Crippen molar-refractivity contribution in [3.05, 3.63) is 34.1 Å². The molecule has 100 valence electrons. The van der Waals surface area contributed by atoms with Gasteiger partial charge >= 0.3 is 0 Å². The van der Waals surface area contributed by atoms with Gasteiger partial charge < -0.3 is 10.1 Å². The minimum Gasteiger partial charge on any atom is -0.489 e. The summed E-state index contributed by atoms with van der Waals surface area (Å²) in [6.07, 6.45) is 0. The van der Waals surface area contributed by atoms with Crippen LogP contribution in [0.4, 0.5) is 10.1 Å². The third-order valence-corrected chi connectivity index (χ3v) is 2.14. The Morgan fingerprint density at radius 3 is 2.61 bits per heavy atom. The van der Waals surface area contributed by atoms with Crippen LogP contribution in [0.3, 0.4) is 0 Å². The predicted molar refractivity (Wildman–Crippen MR) is 66.3 cm³/mol. The van der Waals surface area contributed by atoms with Crippen molar-refractivity contribution in [1.29, 1.82) is 0 Å². The van der Waals surface area contributed by atoms with Gasteiger partial charge in [-0.15, -0.1) is 0 Å². The molecule has 5 nitrogen and oxygen atoms in total. The van der Waals surface area contributed by atoms with E-state index in [-0.39, 0.29) is 17.0 Å². The smallest absolute Gasteiger partial charge is 0.272 e. The summed E-state index contributed by atoms with van der Waals surface area (Å²) >= 11 is 0. The number of benzene rings is 1. The van der Waals surface area contributed by atoms with Gasteiger partial charge in [-0.2, -0.15) is 0 Å². The molecule has 1 aromatic carbocycles. The standard InChI is InChI=1S/C12H17FN2O3/c1-12(2,3)14-6-7-18-11-5-4-9(15(16)17)8-10(11)13/h4-5,8,14H,6-7H2,1-3H3. The maximum absolute atomic E-state index is 13.4. The zero-order chi connectivity index (χ0) is 13.8. The van der Waals surface area contributed by atoms with Crippen LogP contribution in [0.2, 0.25) is 0 Å². The Labute approximate surface area is 105 Å². The molecule has 0 saturated carbocycles. The fourth-order valence-electron chi connectivity index (χ4n) is 1.31. The number of hydrogen-bond donors (Lipinski definition) is 1. The first-order valence-corrected chi connectivity index (χ1v) is 5.61. The summed E-state index contributed by atoms with van der Waals surface area (Å²) in [7, 11) is 0. The monoisotopic (exact) mass is 256 g/mol. The highest BCUT2D eigenvalue weighted by atomic mass is 19.1. The molecule has 0 unspecified atom stereocenters. The molecule has 0 aliphatic heterocycles. The molecule has 0 spiro atoms. The van der Waals surface area contributed by atoms with Gasteiger partial charge in [0, 0.05) is 18.2 Å². The van der Waals surface area contributed by atoms with E-state index in [0.717, 1.165) is 6.07 Å². The van der Waals surface area contributed by atoms with Crippen molar-refractivity contribution in [2.75, 3.05) is 13.2 Å².